The molecule has 4 heteroatoms. The molecule has 1 fully saturated rings. The van der Waals surface area contributed by atoms with Gasteiger partial charge >= 0.3 is 0 Å². The van der Waals surface area contributed by atoms with Crippen LogP contribution < -0.4 is 5.73 Å². The van der Waals surface area contributed by atoms with Crippen molar-refractivity contribution >= 4 is 11.0 Å². The molecule has 3 heterocycles. The van der Waals surface area contributed by atoms with E-state index in [1.54, 1.807) is 0 Å². The monoisotopic (exact) mass is 244 g/mol. The number of nitrogens with one attached hydrogen (secondary N) is 1. The zero-order chi connectivity index (χ0) is 12.4. The third kappa shape index (κ3) is 2.13. The van der Waals surface area contributed by atoms with Gasteiger partial charge in [-0.25, -0.2) is 4.98 Å². The number of aromatic nitrogens is 2. The van der Waals surface area contributed by atoms with Crippen molar-refractivity contribution in [2.24, 2.45) is 5.73 Å². The van der Waals surface area contributed by atoms with Gasteiger partial charge in [-0.2, -0.15) is 0 Å². The van der Waals surface area contributed by atoms with Crippen molar-refractivity contribution in [2.75, 3.05) is 13.1 Å². The fourth-order valence-electron chi connectivity index (χ4n) is 2.90. The Kier molecular flexibility index (Phi) is 3.30. The molecular formula is C14H20N4. The number of aromatic amines is 1. The molecule has 0 aliphatic carbocycles. The fraction of sp³-hybridized carbons (Fsp3) is 0.500. The van der Waals surface area contributed by atoms with Gasteiger partial charge in [-0.3, -0.25) is 4.90 Å². The van der Waals surface area contributed by atoms with Crippen LogP contribution in [0.15, 0.2) is 24.5 Å². The van der Waals surface area contributed by atoms with Gasteiger partial charge < -0.3 is 10.7 Å². The summed E-state index contributed by atoms with van der Waals surface area (Å²) < 4.78 is 0. The highest BCUT2D eigenvalue weighted by molar-refractivity contribution is 5.79. The maximum Gasteiger partial charge on any atom is 0.137 e. The maximum atomic E-state index is 5.87. The summed E-state index contributed by atoms with van der Waals surface area (Å²) in [5, 5.41) is 1.24. The first-order valence-corrected chi connectivity index (χ1v) is 6.73. The summed E-state index contributed by atoms with van der Waals surface area (Å²) in [7, 11) is 0. The summed E-state index contributed by atoms with van der Waals surface area (Å²) >= 11 is 0. The van der Waals surface area contributed by atoms with E-state index in [0.717, 1.165) is 25.3 Å². The zero-order valence-electron chi connectivity index (χ0n) is 10.6. The Balaban J connectivity index is 1.82. The van der Waals surface area contributed by atoms with Crippen molar-refractivity contribution in [1.82, 2.24) is 14.9 Å². The summed E-state index contributed by atoms with van der Waals surface area (Å²) in [5.74, 6) is 0. The number of pyridine rings is 1. The average Bonchev–Trinajstić information content (AvgIpc) is 2.83. The van der Waals surface area contributed by atoms with Crippen LogP contribution in [0.2, 0.25) is 0 Å². The molecule has 3 N–H and O–H groups in total. The minimum atomic E-state index is 0.542. The molecule has 4 nitrogen and oxygen atoms in total. The summed E-state index contributed by atoms with van der Waals surface area (Å²) in [6.45, 7) is 2.91. The smallest absolute Gasteiger partial charge is 0.137 e. The van der Waals surface area contributed by atoms with Gasteiger partial charge in [0.1, 0.15) is 5.65 Å². The molecule has 1 unspecified atom stereocenters. The Labute approximate surface area is 107 Å². The maximum absolute atomic E-state index is 5.87. The molecule has 1 aliphatic rings. The van der Waals surface area contributed by atoms with Crippen LogP contribution in [0.5, 0.6) is 0 Å². The van der Waals surface area contributed by atoms with Crippen LogP contribution in [0, 0.1) is 0 Å². The Morgan fingerprint density at radius 3 is 3.28 bits per heavy atom. The number of rotatable bonds is 3. The molecule has 0 amide bonds. The number of nitrogens with two attached hydrogens (primary N) is 1. The lowest BCUT2D eigenvalue weighted by atomic mass is 10.0. The topological polar surface area (TPSA) is 57.9 Å². The largest absolute Gasteiger partial charge is 0.346 e. The second-order valence-corrected chi connectivity index (χ2v) is 5.07. The highest BCUT2D eigenvalue weighted by atomic mass is 15.2. The van der Waals surface area contributed by atoms with Crippen LogP contribution in [0.3, 0.4) is 0 Å². The lowest BCUT2D eigenvalue weighted by Gasteiger charge is -2.34. The SMILES string of the molecule is NCC1CCCCN1Cc1c[nH]c2ncccc12. The number of piperidine rings is 1. The number of likely N-dealkylation sites (tertiary alicyclic amines) is 1. The van der Waals surface area contributed by atoms with E-state index < -0.39 is 0 Å². The van der Waals surface area contributed by atoms with Gasteiger partial charge in [0.25, 0.3) is 0 Å². The molecule has 18 heavy (non-hydrogen) atoms. The Morgan fingerprint density at radius 2 is 2.39 bits per heavy atom. The first-order chi connectivity index (χ1) is 8.88. The molecule has 1 saturated heterocycles. The molecule has 0 spiro atoms. The number of hydrogen-bond acceptors (Lipinski definition) is 3. The number of hydrogen-bond donors (Lipinski definition) is 2. The van der Waals surface area contributed by atoms with Gasteiger partial charge in [-0.1, -0.05) is 6.42 Å². The molecule has 0 bridgehead atoms. The second-order valence-electron chi connectivity index (χ2n) is 5.07. The van der Waals surface area contributed by atoms with Crippen molar-refractivity contribution in [1.29, 1.82) is 0 Å². The van der Waals surface area contributed by atoms with Crippen LogP contribution in [0.1, 0.15) is 24.8 Å². The summed E-state index contributed by atoms with van der Waals surface area (Å²) in [5.41, 5.74) is 8.19. The lowest BCUT2D eigenvalue weighted by Crippen LogP contribution is -2.43. The highest BCUT2D eigenvalue weighted by Gasteiger charge is 2.21. The molecule has 0 saturated carbocycles. The molecule has 2 aromatic heterocycles. The van der Waals surface area contributed by atoms with Gasteiger partial charge in [-0.05, 0) is 37.1 Å². The predicted octanol–water partition coefficient (Wildman–Crippen LogP) is 1.88. The number of H-pyrrole nitrogens is 1. The summed E-state index contributed by atoms with van der Waals surface area (Å²) in [6, 6.07) is 4.67. The van der Waals surface area contributed by atoms with Crippen molar-refractivity contribution in [3.8, 4) is 0 Å². The van der Waals surface area contributed by atoms with Crippen LogP contribution in [-0.4, -0.2) is 34.0 Å². The third-order valence-electron chi connectivity index (χ3n) is 3.93. The van der Waals surface area contributed by atoms with E-state index in [9.17, 15) is 0 Å². The van der Waals surface area contributed by atoms with E-state index in [2.05, 4.69) is 27.1 Å². The van der Waals surface area contributed by atoms with Crippen molar-refractivity contribution in [2.45, 2.75) is 31.8 Å². The third-order valence-corrected chi connectivity index (χ3v) is 3.93. The number of nitrogens with zero attached hydrogens (tertiary/aromatic N) is 2. The van der Waals surface area contributed by atoms with E-state index in [1.807, 2.05) is 12.3 Å². The van der Waals surface area contributed by atoms with Gasteiger partial charge in [0, 0.05) is 36.9 Å². The minimum Gasteiger partial charge on any atom is -0.346 e. The van der Waals surface area contributed by atoms with Gasteiger partial charge in [0.05, 0.1) is 0 Å². The predicted molar refractivity (Wildman–Crippen MR) is 73.2 cm³/mol. The van der Waals surface area contributed by atoms with Gasteiger partial charge in [0.15, 0.2) is 0 Å². The summed E-state index contributed by atoms with van der Waals surface area (Å²) in [4.78, 5) is 10.1. The second kappa shape index (κ2) is 5.08. The van der Waals surface area contributed by atoms with Crippen LogP contribution in [-0.2, 0) is 6.54 Å². The van der Waals surface area contributed by atoms with Crippen LogP contribution >= 0.6 is 0 Å². The van der Waals surface area contributed by atoms with E-state index in [-0.39, 0.29) is 0 Å². The lowest BCUT2D eigenvalue weighted by molar-refractivity contribution is 0.145. The van der Waals surface area contributed by atoms with Crippen molar-refractivity contribution < 1.29 is 0 Å². The minimum absolute atomic E-state index is 0.542. The van der Waals surface area contributed by atoms with Gasteiger partial charge in [-0.15, -0.1) is 0 Å². The normalized spacial score (nSPS) is 21.5. The summed E-state index contributed by atoms with van der Waals surface area (Å²) in [6.07, 6.45) is 7.74. The Morgan fingerprint density at radius 1 is 1.44 bits per heavy atom. The van der Waals surface area contributed by atoms with Crippen LogP contribution in [0.4, 0.5) is 0 Å². The molecule has 2 aromatic rings. The van der Waals surface area contributed by atoms with E-state index in [4.69, 9.17) is 5.73 Å². The first kappa shape index (κ1) is 11.7. The van der Waals surface area contributed by atoms with E-state index >= 15 is 0 Å². The molecule has 1 atom stereocenters. The Bertz CT molecular complexity index is 519. The number of fused-ring (bicyclic) bond motifs is 1. The Hall–Kier alpha value is -1.39. The quantitative estimate of drug-likeness (QED) is 0.866. The molecule has 0 radical (unpaired) electrons. The van der Waals surface area contributed by atoms with Crippen molar-refractivity contribution in [3.05, 3.63) is 30.1 Å². The van der Waals surface area contributed by atoms with Crippen molar-refractivity contribution in [3.63, 3.8) is 0 Å². The van der Waals surface area contributed by atoms with Gasteiger partial charge in [0.2, 0.25) is 0 Å². The molecule has 3 rings (SSSR count). The molecule has 0 aromatic carbocycles. The van der Waals surface area contributed by atoms with Crippen LogP contribution in [0.25, 0.3) is 11.0 Å². The highest BCUT2D eigenvalue weighted by Crippen LogP contribution is 2.22. The molecule has 1 aliphatic heterocycles. The van der Waals surface area contributed by atoms with E-state index in [0.29, 0.717) is 6.04 Å². The first-order valence-electron chi connectivity index (χ1n) is 6.73. The molecular weight excluding hydrogens is 224 g/mol. The standard InChI is InChI=1S/C14H20N4/c15-8-12-4-1-2-7-18(12)10-11-9-17-14-13(11)5-3-6-16-14/h3,5-6,9,12H,1-2,4,7-8,10,15H2,(H,16,17). The molecule has 96 valence electrons. The fourth-order valence-corrected chi connectivity index (χ4v) is 2.90. The van der Waals surface area contributed by atoms with E-state index in [1.165, 1.54) is 30.2 Å². The zero-order valence-corrected chi connectivity index (χ0v) is 10.6. The average molecular weight is 244 g/mol.